The lowest BCUT2D eigenvalue weighted by Gasteiger charge is -2.19. The summed E-state index contributed by atoms with van der Waals surface area (Å²) in [4.78, 5) is 12.5. The van der Waals surface area contributed by atoms with Crippen molar-refractivity contribution in [2.75, 3.05) is 6.61 Å². The van der Waals surface area contributed by atoms with Gasteiger partial charge in [0.1, 0.15) is 0 Å². The number of amides is 1. The first-order valence-corrected chi connectivity index (χ1v) is 28.2. The lowest BCUT2D eigenvalue weighted by molar-refractivity contribution is -0.123. The molecule has 2 unspecified atom stereocenters. The van der Waals surface area contributed by atoms with Gasteiger partial charge in [-0.25, -0.2) is 0 Å². The summed E-state index contributed by atoms with van der Waals surface area (Å²) in [5.41, 5.74) is 0. The Morgan fingerprint density at radius 2 is 0.672 bits per heavy atom. The molecule has 2 atom stereocenters. The molecule has 0 spiro atoms. The molecule has 0 fully saturated rings. The molecule has 0 saturated heterocycles. The fourth-order valence-corrected chi connectivity index (χ4v) is 7.92. The van der Waals surface area contributed by atoms with Crippen LogP contribution in [0.25, 0.3) is 0 Å². The van der Waals surface area contributed by atoms with E-state index in [1.165, 1.54) is 135 Å². The molecular weight excluding hydrogens is 819 g/mol. The average molecular weight is 927 g/mol. The summed E-state index contributed by atoms with van der Waals surface area (Å²) in [6.45, 7) is 4.18. The third kappa shape index (κ3) is 53.6. The highest BCUT2D eigenvalue weighted by Crippen LogP contribution is 2.15. The van der Waals surface area contributed by atoms with Gasteiger partial charge in [-0.2, -0.15) is 0 Å². The minimum absolute atomic E-state index is 0.0921. The molecular formula is C63H107NO3. The summed E-state index contributed by atoms with van der Waals surface area (Å²) in [6.07, 6.45) is 87.8. The monoisotopic (exact) mass is 926 g/mol. The maximum atomic E-state index is 12.5. The summed E-state index contributed by atoms with van der Waals surface area (Å²) >= 11 is 0. The zero-order valence-electron chi connectivity index (χ0n) is 43.9. The third-order valence-corrected chi connectivity index (χ3v) is 12.2. The summed E-state index contributed by atoms with van der Waals surface area (Å²) < 4.78 is 0. The number of aliphatic hydroxyl groups excluding tert-OH is 2. The van der Waals surface area contributed by atoms with Gasteiger partial charge in [-0.15, -0.1) is 0 Å². The van der Waals surface area contributed by atoms with Crippen LogP contribution >= 0.6 is 0 Å². The summed E-state index contributed by atoms with van der Waals surface area (Å²) in [7, 11) is 0. The molecule has 0 aromatic rings. The predicted octanol–water partition coefficient (Wildman–Crippen LogP) is 18.9. The van der Waals surface area contributed by atoms with E-state index in [0.29, 0.717) is 6.42 Å². The zero-order valence-corrected chi connectivity index (χ0v) is 43.9. The van der Waals surface area contributed by atoms with Gasteiger partial charge in [0.2, 0.25) is 5.91 Å². The maximum absolute atomic E-state index is 12.5. The molecule has 0 bridgehead atoms. The molecule has 0 aromatic heterocycles. The highest BCUT2D eigenvalue weighted by Gasteiger charge is 2.17. The number of carbonyl (C=O) groups is 1. The molecule has 0 aromatic carbocycles. The van der Waals surface area contributed by atoms with Crippen molar-refractivity contribution in [1.82, 2.24) is 5.32 Å². The first kappa shape index (κ1) is 63.8. The quantitative estimate of drug-likeness (QED) is 0.0421. The van der Waals surface area contributed by atoms with Gasteiger partial charge in [-0.3, -0.25) is 4.79 Å². The molecule has 0 aliphatic rings. The second kappa shape index (κ2) is 57.1. The number of allylic oxidation sites excluding steroid dienone is 19. The van der Waals surface area contributed by atoms with E-state index < -0.39 is 12.1 Å². The Labute approximate surface area is 416 Å². The van der Waals surface area contributed by atoms with Crippen LogP contribution < -0.4 is 5.32 Å². The third-order valence-electron chi connectivity index (χ3n) is 12.2. The summed E-state index contributed by atoms with van der Waals surface area (Å²) in [5, 5.41) is 23.1. The Hall–Kier alpha value is -3.21. The van der Waals surface area contributed by atoms with E-state index in [2.05, 4.69) is 129 Å². The van der Waals surface area contributed by atoms with Crippen LogP contribution in [0.3, 0.4) is 0 Å². The van der Waals surface area contributed by atoms with Crippen molar-refractivity contribution in [1.29, 1.82) is 0 Å². The van der Waals surface area contributed by atoms with Crippen molar-refractivity contribution in [3.63, 3.8) is 0 Å². The van der Waals surface area contributed by atoms with Crippen LogP contribution in [0.2, 0.25) is 0 Å². The number of aliphatic hydroxyl groups is 2. The first-order valence-electron chi connectivity index (χ1n) is 28.2. The van der Waals surface area contributed by atoms with Gasteiger partial charge in [0.05, 0.1) is 18.8 Å². The van der Waals surface area contributed by atoms with Gasteiger partial charge in [0, 0.05) is 6.42 Å². The van der Waals surface area contributed by atoms with Crippen LogP contribution in [0.4, 0.5) is 0 Å². The highest BCUT2D eigenvalue weighted by atomic mass is 16.3. The van der Waals surface area contributed by atoms with E-state index in [4.69, 9.17) is 0 Å². The Morgan fingerprint density at radius 3 is 1.04 bits per heavy atom. The van der Waals surface area contributed by atoms with Crippen molar-refractivity contribution >= 4 is 5.91 Å². The maximum Gasteiger partial charge on any atom is 0.220 e. The van der Waals surface area contributed by atoms with Crippen LogP contribution in [0.5, 0.6) is 0 Å². The standard InChI is InChI=1S/C63H107NO3/c1-3-5-7-9-11-13-15-17-19-21-23-25-27-29-30-31-32-33-34-35-37-39-41-43-45-47-49-51-53-55-57-59-63(67)64-61(60-65)62(66)58-56-54-52-50-48-46-44-42-40-38-36-28-26-24-22-20-18-16-14-12-10-8-6-4-2/h5,7,11,13,17,19,23,25,29-30,32-33,35,37,41,43,48,50,56,58,61-62,65-66H,3-4,6,8-10,12,14-16,18,20-22,24,26-28,31,34,36,38-40,42,44-47,49,51-55,57,59-60H2,1-2H3,(H,64,67)/b7-5-,13-11-,19-17-,25-23-,30-29-,33-32-,37-35-,43-41-,50-48+,58-56+. The van der Waals surface area contributed by atoms with E-state index in [-0.39, 0.29) is 12.5 Å². The van der Waals surface area contributed by atoms with Crippen molar-refractivity contribution in [2.45, 2.75) is 264 Å². The highest BCUT2D eigenvalue weighted by molar-refractivity contribution is 5.76. The molecule has 0 aliphatic carbocycles. The van der Waals surface area contributed by atoms with E-state index in [1.807, 2.05) is 6.08 Å². The molecule has 0 heterocycles. The Bertz CT molecular complexity index is 1330. The van der Waals surface area contributed by atoms with Gasteiger partial charge >= 0.3 is 0 Å². The Kier molecular flexibility index (Phi) is 54.4. The van der Waals surface area contributed by atoms with E-state index in [1.54, 1.807) is 6.08 Å². The second-order valence-electron chi connectivity index (χ2n) is 18.6. The van der Waals surface area contributed by atoms with Crippen LogP contribution in [-0.4, -0.2) is 34.9 Å². The van der Waals surface area contributed by atoms with E-state index >= 15 is 0 Å². The van der Waals surface area contributed by atoms with Crippen molar-refractivity contribution in [3.8, 4) is 0 Å². The topological polar surface area (TPSA) is 69.6 Å². The lowest BCUT2D eigenvalue weighted by atomic mass is 10.0. The summed E-state index contributed by atoms with van der Waals surface area (Å²) in [6, 6.07) is -0.657. The number of unbranched alkanes of at least 4 members (excludes halogenated alkanes) is 25. The van der Waals surface area contributed by atoms with Crippen LogP contribution in [0.15, 0.2) is 122 Å². The SMILES string of the molecule is CC/C=C\C/C=C\C/C=C\C/C=C\C/C=C\C/C=C\C/C=C\C/C=C\CCCCCCCCC(=O)NC(CO)C(O)/C=C/CC/C=C/CCCCCCCCCCCCCCCCCCCC. The van der Waals surface area contributed by atoms with Gasteiger partial charge < -0.3 is 15.5 Å². The normalized spacial score (nSPS) is 13.8. The van der Waals surface area contributed by atoms with Gasteiger partial charge in [-0.05, 0) is 96.3 Å². The Balaban J connectivity index is 3.66. The second-order valence-corrected chi connectivity index (χ2v) is 18.6. The number of rotatable bonds is 50. The fraction of sp³-hybridized carbons (Fsp3) is 0.667. The summed E-state index contributed by atoms with van der Waals surface area (Å²) in [5.74, 6) is -0.0921. The number of hydrogen-bond acceptors (Lipinski definition) is 3. The molecule has 4 nitrogen and oxygen atoms in total. The van der Waals surface area contributed by atoms with E-state index in [9.17, 15) is 15.0 Å². The number of hydrogen-bond donors (Lipinski definition) is 3. The zero-order chi connectivity index (χ0) is 48.5. The van der Waals surface area contributed by atoms with Crippen LogP contribution in [-0.2, 0) is 4.79 Å². The molecule has 1 amide bonds. The van der Waals surface area contributed by atoms with Crippen LogP contribution in [0, 0.1) is 0 Å². The van der Waals surface area contributed by atoms with Crippen LogP contribution in [0.1, 0.15) is 251 Å². The lowest BCUT2D eigenvalue weighted by Crippen LogP contribution is -2.45. The average Bonchev–Trinajstić information content (AvgIpc) is 3.33. The van der Waals surface area contributed by atoms with Gasteiger partial charge in [0.25, 0.3) is 0 Å². The molecule has 3 N–H and O–H groups in total. The minimum atomic E-state index is -0.879. The number of nitrogens with one attached hydrogen (secondary N) is 1. The minimum Gasteiger partial charge on any atom is -0.394 e. The van der Waals surface area contributed by atoms with E-state index in [0.717, 1.165) is 96.3 Å². The van der Waals surface area contributed by atoms with Crippen molar-refractivity contribution in [2.24, 2.45) is 0 Å². The molecule has 0 rings (SSSR count). The molecule has 67 heavy (non-hydrogen) atoms. The van der Waals surface area contributed by atoms with Crippen molar-refractivity contribution in [3.05, 3.63) is 122 Å². The molecule has 382 valence electrons. The Morgan fingerprint density at radius 1 is 0.373 bits per heavy atom. The molecule has 0 aliphatic heterocycles. The molecule has 4 heteroatoms. The van der Waals surface area contributed by atoms with Gasteiger partial charge in [-0.1, -0.05) is 270 Å². The fourth-order valence-electron chi connectivity index (χ4n) is 7.92. The molecule has 0 radical (unpaired) electrons. The van der Waals surface area contributed by atoms with Crippen molar-refractivity contribution < 1.29 is 15.0 Å². The molecule has 0 saturated carbocycles. The van der Waals surface area contributed by atoms with Gasteiger partial charge in [0.15, 0.2) is 0 Å². The first-order chi connectivity index (χ1) is 33.2. The number of carbonyl (C=O) groups excluding carboxylic acids is 1. The largest absolute Gasteiger partial charge is 0.394 e. The predicted molar refractivity (Wildman–Crippen MR) is 299 cm³/mol. The smallest absolute Gasteiger partial charge is 0.220 e.